The van der Waals surface area contributed by atoms with Gasteiger partial charge in [0.05, 0.1) is 12.6 Å². The van der Waals surface area contributed by atoms with Gasteiger partial charge in [0.25, 0.3) is 5.91 Å². The molecule has 0 radical (unpaired) electrons. The van der Waals surface area contributed by atoms with Gasteiger partial charge in [0.1, 0.15) is 5.82 Å². The highest BCUT2D eigenvalue weighted by Gasteiger charge is 2.33. The zero-order chi connectivity index (χ0) is 18.3. The van der Waals surface area contributed by atoms with Gasteiger partial charge in [0.2, 0.25) is 0 Å². The third kappa shape index (κ3) is 2.87. The number of fused-ring (bicyclic) bond motifs is 1. The lowest BCUT2D eigenvalue weighted by atomic mass is 10.1. The molecule has 6 nitrogen and oxygen atoms in total. The van der Waals surface area contributed by atoms with Gasteiger partial charge in [0.15, 0.2) is 11.7 Å². The summed E-state index contributed by atoms with van der Waals surface area (Å²) in [5, 5.41) is 0. The van der Waals surface area contributed by atoms with E-state index in [0.717, 1.165) is 18.2 Å². The third-order valence-electron chi connectivity index (χ3n) is 5.13. The van der Waals surface area contributed by atoms with Gasteiger partial charge in [-0.2, -0.15) is 0 Å². The highest BCUT2D eigenvalue weighted by molar-refractivity contribution is 6.41. The number of carbonyl (C=O) groups is 1. The van der Waals surface area contributed by atoms with Gasteiger partial charge in [0, 0.05) is 44.1 Å². The Morgan fingerprint density at radius 2 is 1.96 bits per heavy atom. The van der Waals surface area contributed by atoms with E-state index in [4.69, 9.17) is 0 Å². The second-order valence-corrected chi connectivity index (χ2v) is 6.91. The van der Waals surface area contributed by atoms with Crippen molar-refractivity contribution < 1.29 is 9.18 Å². The lowest BCUT2D eigenvalue weighted by molar-refractivity contribution is 0.0692. The Bertz CT molecular complexity index is 823. The fourth-order valence-corrected chi connectivity index (χ4v) is 3.49. The molecule has 26 heavy (non-hydrogen) atoms. The number of aryl methyl sites for hydroxylation is 1. The number of amides is 1. The van der Waals surface area contributed by atoms with Gasteiger partial charge in [-0.3, -0.25) is 9.79 Å². The summed E-state index contributed by atoms with van der Waals surface area (Å²) in [4.78, 5) is 27.9. The summed E-state index contributed by atoms with van der Waals surface area (Å²) in [6.07, 6.45) is 3.77. The van der Waals surface area contributed by atoms with Crippen molar-refractivity contribution in [3.8, 4) is 0 Å². The minimum absolute atomic E-state index is 0.123. The number of aliphatic imine (C=N–C) groups is 2. The molecule has 1 atom stereocenters. The van der Waals surface area contributed by atoms with E-state index in [1.807, 2.05) is 12.4 Å². The number of benzene rings is 1. The van der Waals surface area contributed by atoms with Crippen LogP contribution in [0.3, 0.4) is 0 Å². The number of piperazine rings is 1. The largest absolute Gasteiger partial charge is 0.350 e. The number of rotatable bonds is 1. The highest BCUT2D eigenvalue weighted by Crippen LogP contribution is 2.19. The SMILES string of the molecule is Cc1ccc(C(=O)N2CCN(C3=NC=CN4C3=NC[C@@H]4C)CC2)cc1F. The summed E-state index contributed by atoms with van der Waals surface area (Å²) >= 11 is 0. The van der Waals surface area contributed by atoms with E-state index in [1.54, 1.807) is 24.0 Å². The first-order chi connectivity index (χ1) is 12.5. The summed E-state index contributed by atoms with van der Waals surface area (Å²) in [7, 11) is 0. The first kappa shape index (κ1) is 16.8. The molecule has 1 aromatic carbocycles. The molecule has 0 aromatic heterocycles. The van der Waals surface area contributed by atoms with Crippen molar-refractivity contribution in [1.29, 1.82) is 0 Å². The monoisotopic (exact) mass is 355 g/mol. The van der Waals surface area contributed by atoms with Crippen LogP contribution in [0.2, 0.25) is 0 Å². The molecule has 0 aliphatic carbocycles. The van der Waals surface area contributed by atoms with E-state index < -0.39 is 0 Å². The van der Waals surface area contributed by atoms with E-state index >= 15 is 0 Å². The van der Waals surface area contributed by atoms with Crippen molar-refractivity contribution >= 4 is 17.6 Å². The van der Waals surface area contributed by atoms with Crippen LogP contribution in [0.25, 0.3) is 0 Å². The predicted molar refractivity (Wildman–Crippen MR) is 98.8 cm³/mol. The lowest BCUT2D eigenvalue weighted by Gasteiger charge is -2.38. The minimum Gasteiger partial charge on any atom is -0.350 e. The number of amidine groups is 2. The Morgan fingerprint density at radius 3 is 2.69 bits per heavy atom. The van der Waals surface area contributed by atoms with Gasteiger partial charge < -0.3 is 14.7 Å². The van der Waals surface area contributed by atoms with Gasteiger partial charge in [-0.1, -0.05) is 6.07 Å². The average Bonchev–Trinajstić information content (AvgIpc) is 3.05. The Labute approximate surface area is 152 Å². The fourth-order valence-electron chi connectivity index (χ4n) is 3.49. The van der Waals surface area contributed by atoms with E-state index in [1.165, 1.54) is 6.07 Å². The van der Waals surface area contributed by atoms with Crippen molar-refractivity contribution in [3.63, 3.8) is 0 Å². The van der Waals surface area contributed by atoms with E-state index in [0.29, 0.717) is 43.3 Å². The number of nitrogens with zero attached hydrogens (tertiary/aromatic N) is 5. The Hall–Kier alpha value is -2.70. The second kappa shape index (κ2) is 6.55. The maximum atomic E-state index is 13.7. The topological polar surface area (TPSA) is 51.5 Å². The summed E-state index contributed by atoms with van der Waals surface area (Å²) < 4.78 is 13.7. The molecule has 0 saturated carbocycles. The van der Waals surface area contributed by atoms with Crippen LogP contribution >= 0.6 is 0 Å². The van der Waals surface area contributed by atoms with Crippen molar-refractivity contribution in [2.75, 3.05) is 32.7 Å². The maximum absolute atomic E-state index is 13.7. The molecule has 7 heteroatoms. The minimum atomic E-state index is -0.341. The maximum Gasteiger partial charge on any atom is 0.254 e. The molecule has 0 unspecified atom stereocenters. The number of hydrogen-bond acceptors (Lipinski definition) is 5. The number of halogens is 1. The molecule has 3 aliphatic rings. The fraction of sp³-hybridized carbons (Fsp3) is 0.421. The van der Waals surface area contributed by atoms with Crippen LogP contribution in [0, 0.1) is 12.7 Å². The van der Waals surface area contributed by atoms with Crippen LogP contribution in [0.1, 0.15) is 22.8 Å². The Balaban J connectivity index is 1.43. The molecule has 1 amide bonds. The van der Waals surface area contributed by atoms with Gasteiger partial charge >= 0.3 is 0 Å². The van der Waals surface area contributed by atoms with E-state index in [9.17, 15) is 9.18 Å². The Morgan fingerprint density at radius 1 is 1.19 bits per heavy atom. The summed E-state index contributed by atoms with van der Waals surface area (Å²) in [5.74, 6) is 1.33. The van der Waals surface area contributed by atoms with Gasteiger partial charge in [-0.05, 0) is 31.5 Å². The van der Waals surface area contributed by atoms with Crippen LogP contribution in [0.15, 0.2) is 40.6 Å². The quantitative estimate of drug-likeness (QED) is 0.773. The molecule has 0 bridgehead atoms. The van der Waals surface area contributed by atoms with Gasteiger partial charge in [-0.15, -0.1) is 0 Å². The molecule has 136 valence electrons. The molecule has 4 rings (SSSR count). The van der Waals surface area contributed by atoms with E-state index in [-0.39, 0.29) is 11.7 Å². The Kier molecular flexibility index (Phi) is 4.22. The predicted octanol–water partition coefficient (Wildman–Crippen LogP) is 1.88. The summed E-state index contributed by atoms with van der Waals surface area (Å²) in [5.41, 5.74) is 0.950. The van der Waals surface area contributed by atoms with Crippen LogP contribution in [0.4, 0.5) is 4.39 Å². The first-order valence-electron chi connectivity index (χ1n) is 8.92. The second-order valence-electron chi connectivity index (χ2n) is 6.91. The molecular formula is C19H22FN5O. The molecule has 1 saturated heterocycles. The molecule has 3 aliphatic heterocycles. The smallest absolute Gasteiger partial charge is 0.254 e. The number of carbonyl (C=O) groups excluding carboxylic acids is 1. The van der Waals surface area contributed by atoms with Crippen molar-refractivity contribution in [1.82, 2.24) is 14.7 Å². The van der Waals surface area contributed by atoms with Crippen LogP contribution in [-0.2, 0) is 0 Å². The highest BCUT2D eigenvalue weighted by atomic mass is 19.1. The zero-order valence-corrected chi connectivity index (χ0v) is 15.0. The third-order valence-corrected chi connectivity index (χ3v) is 5.13. The standard InChI is InChI=1S/C19H22FN5O/c1-13-3-4-15(11-16(13)20)19(26)24-9-7-23(8-10-24)17-18-22-12-14(2)25(18)6-5-21-17/h3-6,11,14H,7-10,12H2,1-2H3/t14-/m0/s1. The van der Waals surface area contributed by atoms with Crippen LogP contribution in [0.5, 0.6) is 0 Å². The summed E-state index contributed by atoms with van der Waals surface area (Å²) in [6, 6.07) is 5.02. The average molecular weight is 355 g/mol. The molecular weight excluding hydrogens is 333 g/mol. The first-order valence-corrected chi connectivity index (χ1v) is 8.92. The van der Waals surface area contributed by atoms with Crippen molar-refractivity contribution in [2.45, 2.75) is 19.9 Å². The molecule has 0 spiro atoms. The van der Waals surface area contributed by atoms with Crippen LogP contribution < -0.4 is 0 Å². The number of hydrogen-bond donors (Lipinski definition) is 0. The molecule has 1 fully saturated rings. The summed E-state index contributed by atoms with van der Waals surface area (Å²) in [6.45, 7) is 7.15. The van der Waals surface area contributed by atoms with Gasteiger partial charge in [-0.25, -0.2) is 9.38 Å². The molecule has 1 aromatic rings. The molecule has 0 N–H and O–H groups in total. The zero-order valence-electron chi connectivity index (χ0n) is 15.0. The lowest BCUT2D eigenvalue weighted by Crippen LogP contribution is -2.54. The van der Waals surface area contributed by atoms with Crippen LogP contribution in [-0.4, -0.2) is 71.0 Å². The van der Waals surface area contributed by atoms with Crippen molar-refractivity contribution in [2.24, 2.45) is 9.98 Å². The molecule has 3 heterocycles. The van der Waals surface area contributed by atoms with E-state index in [2.05, 4.69) is 26.7 Å². The normalized spacial score (nSPS) is 22.3. The van der Waals surface area contributed by atoms with Crippen molar-refractivity contribution in [3.05, 3.63) is 47.5 Å².